The van der Waals surface area contributed by atoms with E-state index in [-0.39, 0.29) is 17.5 Å². The lowest BCUT2D eigenvalue weighted by Crippen LogP contribution is -2.43. The quantitative estimate of drug-likeness (QED) is 0.112. The molecule has 0 radical (unpaired) electrons. The average Bonchev–Trinajstić information content (AvgIpc) is 2.99. The second-order valence-corrected chi connectivity index (χ2v) is 13.3. The molecule has 3 atom stereocenters. The van der Waals surface area contributed by atoms with Gasteiger partial charge in [0.1, 0.15) is 17.6 Å². The number of hydrogen-bond donors (Lipinski definition) is 0. The maximum Gasteiger partial charge on any atom is 0.343 e. The molecule has 7 nitrogen and oxygen atoms in total. The minimum absolute atomic E-state index is 0.0454. The fraction of sp³-hybridized carbons (Fsp3) is 0.514. The molecule has 7 heteroatoms. The third kappa shape index (κ3) is 8.39. The first-order chi connectivity index (χ1) is 21.2. The van der Waals surface area contributed by atoms with Crippen LogP contribution in [-0.2, 0) is 14.2 Å². The van der Waals surface area contributed by atoms with Gasteiger partial charge in [-0.2, -0.15) is 0 Å². The van der Waals surface area contributed by atoms with Gasteiger partial charge in [0.15, 0.2) is 0 Å². The van der Waals surface area contributed by atoms with Gasteiger partial charge in [-0.3, -0.25) is 0 Å². The maximum atomic E-state index is 13.1. The van der Waals surface area contributed by atoms with Gasteiger partial charge in [0, 0.05) is 12.0 Å². The number of carbonyl (C=O) groups is 2. The van der Waals surface area contributed by atoms with Crippen LogP contribution in [-0.4, -0.2) is 51.1 Å². The van der Waals surface area contributed by atoms with Crippen LogP contribution in [0.25, 0.3) is 10.8 Å². The van der Waals surface area contributed by atoms with Gasteiger partial charge < -0.3 is 23.7 Å². The molecule has 3 aromatic rings. The third-order valence-electron chi connectivity index (χ3n) is 8.87. The van der Waals surface area contributed by atoms with E-state index in [4.69, 9.17) is 23.7 Å². The smallest absolute Gasteiger partial charge is 0.343 e. The molecule has 0 bridgehead atoms. The summed E-state index contributed by atoms with van der Waals surface area (Å²) >= 11 is 0. The topological polar surface area (TPSA) is 80.3 Å². The molecule has 1 saturated carbocycles. The van der Waals surface area contributed by atoms with Gasteiger partial charge in [-0.15, -0.1) is 0 Å². The Morgan fingerprint density at radius 2 is 1.55 bits per heavy atom. The third-order valence-corrected chi connectivity index (χ3v) is 8.87. The van der Waals surface area contributed by atoms with E-state index in [2.05, 4.69) is 27.7 Å². The molecule has 2 aliphatic rings. The highest BCUT2D eigenvalue weighted by Gasteiger charge is 2.34. The van der Waals surface area contributed by atoms with Crippen molar-refractivity contribution >= 4 is 22.7 Å². The van der Waals surface area contributed by atoms with Crippen LogP contribution in [0.3, 0.4) is 0 Å². The monoisotopic (exact) mass is 602 g/mol. The SMILES string of the molecule is CC1CCC(C(C)C)C(OC(=O)c2ccc3cc(OC(=O)c4ccc(OCCCCOCC5(C)COC5)cc4)ccc3c2)C1. The number of esters is 2. The standard InChI is InChI=1S/C37H46O7/c1-25(2)33-16-7-26(3)19-34(33)44-36(39)30-9-8-29-21-32(15-12-28(29)20-30)43-35(38)27-10-13-31(14-11-27)42-18-6-5-17-40-22-37(4)23-41-24-37/h8-15,20-21,25-26,33-34H,5-7,16-19,22-24H2,1-4H3. The molecule has 1 saturated heterocycles. The predicted molar refractivity (Wildman–Crippen MR) is 170 cm³/mol. The van der Waals surface area contributed by atoms with Crippen LogP contribution in [0.2, 0.25) is 0 Å². The Morgan fingerprint density at radius 3 is 2.27 bits per heavy atom. The second-order valence-electron chi connectivity index (χ2n) is 13.3. The Balaban J connectivity index is 1.09. The zero-order chi connectivity index (χ0) is 31.1. The van der Waals surface area contributed by atoms with E-state index >= 15 is 0 Å². The first-order valence-electron chi connectivity index (χ1n) is 16.0. The summed E-state index contributed by atoms with van der Waals surface area (Å²) in [6.45, 7) is 12.4. The number of fused-ring (bicyclic) bond motifs is 1. The van der Waals surface area contributed by atoms with Gasteiger partial charge in [-0.05, 0) is 103 Å². The Hall–Kier alpha value is -3.42. The molecule has 3 unspecified atom stereocenters. The molecule has 44 heavy (non-hydrogen) atoms. The number of carbonyl (C=O) groups excluding carboxylic acids is 2. The van der Waals surface area contributed by atoms with Crippen LogP contribution in [0, 0.1) is 23.2 Å². The van der Waals surface area contributed by atoms with E-state index in [9.17, 15) is 9.59 Å². The fourth-order valence-corrected chi connectivity index (χ4v) is 6.07. The van der Waals surface area contributed by atoms with Gasteiger partial charge >= 0.3 is 11.9 Å². The fourth-order valence-electron chi connectivity index (χ4n) is 6.07. The Morgan fingerprint density at radius 1 is 0.864 bits per heavy atom. The highest BCUT2D eigenvalue weighted by molar-refractivity contribution is 5.96. The Kier molecular flexibility index (Phi) is 10.6. The van der Waals surface area contributed by atoms with Crippen molar-refractivity contribution in [3.63, 3.8) is 0 Å². The number of hydrogen-bond acceptors (Lipinski definition) is 7. The summed E-state index contributed by atoms with van der Waals surface area (Å²) < 4.78 is 28.5. The van der Waals surface area contributed by atoms with Crippen molar-refractivity contribution in [1.29, 1.82) is 0 Å². The van der Waals surface area contributed by atoms with Crippen molar-refractivity contribution in [2.75, 3.05) is 33.0 Å². The van der Waals surface area contributed by atoms with E-state index in [0.29, 0.717) is 53.6 Å². The van der Waals surface area contributed by atoms with Crippen molar-refractivity contribution in [2.45, 2.75) is 65.9 Å². The zero-order valence-corrected chi connectivity index (χ0v) is 26.5. The summed E-state index contributed by atoms with van der Waals surface area (Å²) in [4.78, 5) is 25.9. The number of ether oxygens (including phenoxy) is 5. The summed E-state index contributed by atoms with van der Waals surface area (Å²) in [6, 6.07) is 17.9. The minimum atomic E-state index is -0.444. The van der Waals surface area contributed by atoms with Crippen LogP contribution in [0.15, 0.2) is 60.7 Å². The first kappa shape index (κ1) is 32.0. The summed E-state index contributed by atoms with van der Waals surface area (Å²) in [6.07, 6.45) is 4.97. The largest absolute Gasteiger partial charge is 0.494 e. The summed E-state index contributed by atoms with van der Waals surface area (Å²) in [5, 5.41) is 1.76. The molecule has 1 heterocycles. The van der Waals surface area contributed by atoms with Crippen LogP contribution in [0.1, 0.15) is 80.5 Å². The minimum Gasteiger partial charge on any atom is -0.494 e. The van der Waals surface area contributed by atoms with Gasteiger partial charge in [0.25, 0.3) is 0 Å². The van der Waals surface area contributed by atoms with E-state index in [1.165, 1.54) is 6.42 Å². The van der Waals surface area contributed by atoms with Gasteiger partial charge in [0.2, 0.25) is 0 Å². The molecular weight excluding hydrogens is 556 g/mol. The van der Waals surface area contributed by atoms with Crippen LogP contribution < -0.4 is 9.47 Å². The average molecular weight is 603 g/mol. The Bertz CT molecular complexity index is 1410. The maximum absolute atomic E-state index is 13.1. The van der Waals surface area contributed by atoms with Gasteiger partial charge in [-0.25, -0.2) is 9.59 Å². The van der Waals surface area contributed by atoms with E-state index < -0.39 is 5.97 Å². The van der Waals surface area contributed by atoms with Crippen LogP contribution in [0.5, 0.6) is 11.5 Å². The van der Waals surface area contributed by atoms with Crippen molar-refractivity contribution < 1.29 is 33.3 Å². The summed E-state index contributed by atoms with van der Waals surface area (Å²) in [7, 11) is 0. The molecule has 2 fully saturated rings. The molecule has 0 spiro atoms. The van der Waals surface area contributed by atoms with E-state index in [1.807, 2.05) is 24.3 Å². The highest BCUT2D eigenvalue weighted by atomic mass is 16.5. The second kappa shape index (κ2) is 14.6. The van der Waals surface area contributed by atoms with Crippen LogP contribution in [0.4, 0.5) is 0 Å². The van der Waals surface area contributed by atoms with Crippen molar-refractivity contribution in [1.82, 2.24) is 0 Å². The van der Waals surface area contributed by atoms with E-state index in [0.717, 1.165) is 56.3 Å². The van der Waals surface area contributed by atoms with Crippen molar-refractivity contribution in [3.8, 4) is 11.5 Å². The molecule has 0 amide bonds. The molecule has 236 valence electrons. The normalized spacial score (nSPS) is 21.1. The lowest BCUT2D eigenvalue weighted by molar-refractivity contribution is -0.138. The molecule has 0 N–H and O–H groups in total. The number of unbranched alkanes of at least 4 members (excludes halogenated alkanes) is 1. The number of rotatable bonds is 13. The first-order valence-corrected chi connectivity index (χ1v) is 16.0. The van der Waals surface area contributed by atoms with Crippen LogP contribution >= 0.6 is 0 Å². The van der Waals surface area contributed by atoms with Crippen molar-refractivity contribution in [3.05, 3.63) is 71.8 Å². The summed E-state index contributed by atoms with van der Waals surface area (Å²) in [5.41, 5.74) is 1.15. The number of benzene rings is 3. The lowest BCUT2D eigenvalue weighted by atomic mass is 9.75. The molecule has 1 aliphatic carbocycles. The molecule has 5 rings (SSSR count). The van der Waals surface area contributed by atoms with Gasteiger partial charge in [0.05, 0.1) is 37.6 Å². The van der Waals surface area contributed by atoms with Gasteiger partial charge in [-0.1, -0.05) is 46.2 Å². The summed E-state index contributed by atoms with van der Waals surface area (Å²) in [5.74, 6) is 1.86. The lowest BCUT2D eigenvalue weighted by Gasteiger charge is -2.37. The van der Waals surface area contributed by atoms with E-state index in [1.54, 1.807) is 36.4 Å². The molecule has 1 aliphatic heterocycles. The van der Waals surface area contributed by atoms with Crippen molar-refractivity contribution in [2.24, 2.45) is 23.2 Å². The highest BCUT2D eigenvalue weighted by Crippen LogP contribution is 2.36. The molecule has 0 aromatic heterocycles. The molecule has 3 aromatic carbocycles. The molecular formula is C37H46O7. The Labute approximate surface area is 261 Å². The predicted octanol–water partition coefficient (Wildman–Crippen LogP) is 7.89. The zero-order valence-electron chi connectivity index (χ0n) is 26.5.